The number of halogens is 1. The largest absolute Gasteiger partial charge is 0.345 e. The second-order valence-electron chi connectivity index (χ2n) is 5.38. The molecule has 2 atom stereocenters. The maximum Gasteiger partial charge on any atom is 0.275 e. The van der Waals surface area contributed by atoms with Gasteiger partial charge in [0.25, 0.3) is 5.91 Å². The zero-order chi connectivity index (χ0) is 15.9. The maximum atomic E-state index is 12.3. The summed E-state index contributed by atoms with van der Waals surface area (Å²) in [6.45, 7) is 6.50. The van der Waals surface area contributed by atoms with Crippen molar-refractivity contribution in [3.8, 4) is 0 Å². The van der Waals surface area contributed by atoms with Crippen molar-refractivity contribution in [3.05, 3.63) is 56.7 Å². The maximum absolute atomic E-state index is 12.3. The highest BCUT2D eigenvalue weighted by molar-refractivity contribution is 9.10. The zero-order valence-electron chi connectivity index (χ0n) is 12.9. The van der Waals surface area contributed by atoms with E-state index in [1.165, 1.54) is 9.78 Å². The van der Waals surface area contributed by atoms with E-state index in [-0.39, 0.29) is 11.9 Å². The van der Waals surface area contributed by atoms with Gasteiger partial charge in [-0.3, -0.25) is 4.79 Å². The molecule has 2 N–H and O–H groups in total. The molecule has 1 heterocycles. The number of hydrogen-bond donors (Lipinski definition) is 2. The Labute approximate surface area is 144 Å². The number of benzene rings is 1. The minimum absolute atomic E-state index is 0.0282. The summed E-state index contributed by atoms with van der Waals surface area (Å²) in [6.07, 6.45) is 0. The molecule has 0 fully saturated rings. The lowest BCUT2D eigenvalue weighted by molar-refractivity contribution is -0.903. The summed E-state index contributed by atoms with van der Waals surface area (Å²) in [4.78, 5) is 14.9. The van der Waals surface area contributed by atoms with Gasteiger partial charge in [0, 0.05) is 4.47 Å². The molecule has 1 unspecified atom stereocenters. The minimum atomic E-state index is 0.0282. The first-order valence-corrected chi connectivity index (χ1v) is 9.16. The Balaban J connectivity index is 1.86. The lowest BCUT2D eigenvalue weighted by Gasteiger charge is -2.19. The average Bonchev–Trinajstić information content (AvgIpc) is 3.00. The molecule has 1 amide bonds. The molecule has 0 saturated carbocycles. The van der Waals surface area contributed by atoms with Crippen molar-refractivity contribution >= 4 is 33.2 Å². The Hall–Kier alpha value is -1.17. The SMILES string of the molecule is CC[NH+](CC(=O)N[C@H](C)c1ccc(Br)cc1)Cc1cccs1. The molecule has 1 aromatic heterocycles. The van der Waals surface area contributed by atoms with Gasteiger partial charge >= 0.3 is 0 Å². The molecule has 3 nitrogen and oxygen atoms in total. The molecule has 5 heteroatoms. The van der Waals surface area contributed by atoms with Crippen LogP contribution in [0.2, 0.25) is 0 Å². The molecule has 22 heavy (non-hydrogen) atoms. The third-order valence-corrected chi connectivity index (χ3v) is 5.07. The Morgan fingerprint density at radius 1 is 1.32 bits per heavy atom. The second kappa shape index (κ2) is 8.46. The average molecular weight is 382 g/mol. The van der Waals surface area contributed by atoms with Crippen LogP contribution in [-0.2, 0) is 11.3 Å². The minimum Gasteiger partial charge on any atom is -0.345 e. The lowest BCUT2D eigenvalue weighted by Crippen LogP contribution is -3.11. The fourth-order valence-electron chi connectivity index (χ4n) is 2.33. The first-order chi connectivity index (χ1) is 10.6. The van der Waals surface area contributed by atoms with Gasteiger partial charge in [0.2, 0.25) is 0 Å². The standard InChI is InChI=1S/C17H21BrN2OS/c1-3-20(11-16-5-4-10-22-16)12-17(21)19-13(2)14-6-8-15(18)9-7-14/h4-10,13H,3,11-12H2,1-2H3,(H,19,21)/p+1/t13-/m1/s1. The molecule has 0 bridgehead atoms. The third kappa shape index (κ3) is 5.23. The number of hydrogen-bond acceptors (Lipinski definition) is 2. The van der Waals surface area contributed by atoms with Crippen molar-refractivity contribution in [2.45, 2.75) is 26.4 Å². The molecule has 0 aliphatic rings. The molecule has 0 radical (unpaired) electrons. The molecule has 0 spiro atoms. The van der Waals surface area contributed by atoms with E-state index in [9.17, 15) is 4.79 Å². The first kappa shape index (κ1) is 17.2. The Morgan fingerprint density at radius 2 is 2.05 bits per heavy atom. The van der Waals surface area contributed by atoms with Crippen LogP contribution in [0.4, 0.5) is 0 Å². The number of rotatable bonds is 7. The molecular formula is C17H22BrN2OS+. The quantitative estimate of drug-likeness (QED) is 0.759. The second-order valence-corrected chi connectivity index (χ2v) is 7.33. The highest BCUT2D eigenvalue weighted by atomic mass is 79.9. The highest BCUT2D eigenvalue weighted by Gasteiger charge is 2.16. The third-order valence-electron chi connectivity index (χ3n) is 3.66. The van der Waals surface area contributed by atoms with Gasteiger partial charge in [0.15, 0.2) is 6.54 Å². The van der Waals surface area contributed by atoms with Gasteiger partial charge in [-0.05, 0) is 43.0 Å². The summed E-state index contributed by atoms with van der Waals surface area (Å²) in [6, 6.07) is 12.3. The van der Waals surface area contributed by atoms with Gasteiger partial charge in [-0.2, -0.15) is 0 Å². The van der Waals surface area contributed by atoms with E-state index < -0.39 is 0 Å². The van der Waals surface area contributed by atoms with Crippen LogP contribution in [0, 0.1) is 0 Å². The van der Waals surface area contributed by atoms with Crippen molar-refractivity contribution in [2.75, 3.05) is 13.1 Å². The van der Waals surface area contributed by atoms with Gasteiger partial charge < -0.3 is 10.2 Å². The Kier molecular flexibility index (Phi) is 6.61. The van der Waals surface area contributed by atoms with Crippen molar-refractivity contribution < 1.29 is 9.69 Å². The van der Waals surface area contributed by atoms with Crippen LogP contribution in [0.3, 0.4) is 0 Å². The summed E-state index contributed by atoms with van der Waals surface area (Å²) < 4.78 is 1.05. The molecule has 0 aliphatic carbocycles. The molecule has 1 aromatic carbocycles. The smallest absolute Gasteiger partial charge is 0.275 e. The van der Waals surface area contributed by atoms with Crippen LogP contribution < -0.4 is 10.2 Å². The number of carbonyl (C=O) groups is 1. The molecule has 2 aromatic rings. The normalized spacial score (nSPS) is 13.6. The predicted molar refractivity (Wildman–Crippen MR) is 95.1 cm³/mol. The van der Waals surface area contributed by atoms with E-state index in [0.717, 1.165) is 23.1 Å². The summed E-state index contributed by atoms with van der Waals surface area (Å²) in [7, 11) is 0. The van der Waals surface area contributed by atoms with Gasteiger partial charge in [0.1, 0.15) is 6.54 Å². The van der Waals surface area contributed by atoms with Crippen LogP contribution in [0.5, 0.6) is 0 Å². The monoisotopic (exact) mass is 381 g/mol. The first-order valence-electron chi connectivity index (χ1n) is 7.49. The van der Waals surface area contributed by atoms with E-state index in [0.29, 0.717) is 6.54 Å². The number of carbonyl (C=O) groups excluding carboxylic acids is 1. The summed E-state index contributed by atoms with van der Waals surface area (Å²) >= 11 is 5.17. The van der Waals surface area contributed by atoms with E-state index in [4.69, 9.17) is 0 Å². The van der Waals surface area contributed by atoms with Crippen LogP contribution in [0.25, 0.3) is 0 Å². The lowest BCUT2D eigenvalue weighted by atomic mass is 10.1. The fourth-order valence-corrected chi connectivity index (χ4v) is 3.37. The van der Waals surface area contributed by atoms with Crippen LogP contribution in [0.15, 0.2) is 46.3 Å². The van der Waals surface area contributed by atoms with E-state index in [2.05, 4.69) is 45.7 Å². The summed E-state index contributed by atoms with van der Waals surface area (Å²) in [5, 5.41) is 5.17. The van der Waals surface area contributed by atoms with Gasteiger partial charge in [0.05, 0.1) is 17.5 Å². The Morgan fingerprint density at radius 3 is 2.64 bits per heavy atom. The molecular weight excluding hydrogens is 360 g/mol. The number of likely N-dealkylation sites (N-methyl/N-ethyl adjacent to an activating group) is 1. The van der Waals surface area contributed by atoms with Gasteiger partial charge in [-0.15, -0.1) is 11.3 Å². The summed E-state index contributed by atoms with van der Waals surface area (Å²) in [5.41, 5.74) is 1.12. The van der Waals surface area contributed by atoms with E-state index in [1.54, 1.807) is 11.3 Å². The summed E-state index contributed by atoms with van der Waals surface area (Å²) in [5.74, 6) is 0.101. The van der Waals surface area contributed by atoms with E-state index in [1.807, 2.05) is 31.2 Å². The zero-order valence-corrected chi connectivity index (χ0v) is 15.3. The number of thiophene rings is 1. The highest BCUT2D eigenvalue weighted by Crippen LogP contribution is 2.16. The molecule has 0 saturated heterocycles. The predicted octanol–water partition coefficient (Wildman–Crippen LogP) is 2.79. The van der Waals surface area contributed by atoms with Crippen molar-refractivity contribution in [1.82, 2.24) is 5.32 Å². The van der Waals surface area contributed by atoms with Crippen molar-refractivity contribution in [1.29, 1.82) is 0 Å². The number of nitrogens with one attached hydrogen (secondary N) is 2. The molecule has 118 valence electrons. The van der Waals surface area contributed by atoms with Crippen LogP contribution in [-0.4, -0.2) is 19.0 Å². The van der Waals surface area contributed by atoms with E-state index >= 15 is 0 Å². The topological polar surface area (TPSA) is 33.5 Å². The van der Waals surface area contributed by atoms with Gasteiger partial charge in [-0.1, -0.05) is 34.1 Å². The molecule has 2 rings (SSSR count). The van der Waals surface area contributed by atoms with Gasteiger partial charge in [-0.25, -0.2) is 0 Å². The number of amides is 1. The fraction of sp³-hybridized carbons (Fsp3) is 0.353. The Bertz CT molecular complexity index is 583. The number of quaternary nitrogens is 1. The van der Waals surface area contributed by atoms with Crippen LogP contribution in [0.1, 0.15) is 30.3 Å². The van der Waals surface area contributed by atoms with Crippen molar-refractivity contribution in [3.63, 3.8) is 0 Å². The molecule has 0 aliphatic heterocycles. The van der Waals surface area contributed by atoms with Crippen molar-refractivity contribution in [2.24, 2.45) is 0 Å². The van der Waals surface area contributed by atoms with Crippen LogP contribution >= 0.6 is 27.3 Å².